The summed E-state index contributed by atoms with van der Waals surface area (Å²) in [6.07, 6.45) is 1.51. The van der Waals surface area contributed by atoms with E-state index >= 15 is 0 Å². The van der Waals surface area contributed by atoms with Crippen molar-refractivity contribution in [2.45, 2.75) is 6.42 Å². The van der Waals surface area contributed by atoms with Crippen LogP contribution in [-0.4, -0.2) is 37.5 Å². The van der Waals surface area contributed by atoms with Gasteiger partial charge in [-0.1, -0.05) is 0 Å². The summed E-state index contributed by atoms with van der Waals surface area (Å²) in [7, 11) is 3.03. The van der Waals surface area contributed by atoms with Crippen molar-refractivity contribution in [2.75, 3.05) is 30.5 Å². The number of halogens is 1. The third kappa shape index (κ3) is 3.31. The summed E-state index contributed by atoms with van der Waals surface area (Å²) >= 11 is 0. The second kappa shape index (κ2) is 6.88. The van der Waals surface area contributed by atoms with Crippen LogP contribution in [0.1, 0.15) is 6.42 Å². The van der Waals surface area contributed by atoms with E-state index in [2.05, 4.69) is 4.98 Å². The fourth-order valence-corrected chi connectivity index (χ4v) is 2.89. The van der Waals surface area contributed by atoms with Crippen molar-refractivity contribution in [3.63, 3.8) is 0 Å². The first-order valence-corrected chi connectivity index (χ1v) is 7.83. The van der Waals surface area contributed by atoms with Gasteiger partial charge in [-0.2, -0.15) is 0 Å². The van der Waals surface area contributed by atoms with Gasteiger partial charge in [0.15, 0.2) is 11.6 Å². The van der Waals surface area contributed by atoms with E-state index in [1.165, 1.54) is 30.3 Å². The number of pyridine rings is 1. The first-order valence-electron chi connectivity index (χ1n) is 7.83. The van der Waals surface area contributed by atoms with Crippen LogP contribution in [0.4, 0.5) is 15.9 Å². The second-order valence-electron chi connectivity index (χ2n) is 5.81. The lowest BCUT2D eigenvalue weighted by atomic mass is 10.1. The van der Waals surface area contributed by atoms with Crippen molar-refractivity contribution in [1.29, 1.82) is 0 Å². The number of ether oxygens (including phenoxy) is 1. The smallest absolute Gasteiger partial charge is 0.233 e. The third-order valence-electron chi connectivity index (χ3n) is 4.25. The van der Waals surface area contributed by atoms with E-state index in [9.17, 15) is 14.0 Å². The predicted molar refractivity (Wildman–Crippen MR) is 91.1 cm³/mol. The van der Waals surface area contributed by atoms with E-state index in [4.69, 9.17) is 4.74 Å². The van der Waals surface area contributed by atoms with Crippen LogP contribution in [0.3, 0.4) is 0 Å². The van der Waals surface area contributed by atoms with E-state index in [1.807, 2.05) is 0 Å². The maximum Gasteiger partial charge on any atom is 0.233 e. The van der Waals surface area contributed by atoms with Crippen molar-refractivity contribution in [2.24, 2.45) is 5.92 Å². The van der Waals surface area contributed by atoms with Crippen molar-refractivity contribution < 1.29 is 18.7 Å². The molecule has 25 heavy (non-hydrogen) atoms. The topological polar surface area (TPSA) is 62.7 Å². The average molecular weight is 343 g/mol. The number of hydrogen-bond donors (Lipinski definition) is 0. The fourth-order valence-electron chi connectivity index (χ4n) is 2.89. The number of methoxy groups -OCH3 is 1. The normalized spacial score (nSPS) is 16.8. The monoisotopic (exact) mass is 343 g/mol. The van der Waals surface area contributed by atoms with E-state index in [0.29, 0.717) is 11.4 Å². The zero-order valence-electron chi connectivity index (χ0n) is 14.0. The summed E-state index contributed by atoms with van der Waals surface area (Å²) in [5.41, 5.74) is 0.702. The summed E-state index contributed by atoms with van der Waals surface area (Å²) in [5.74, 6) is -0.938. The largest absolute Gasteiger partial charge is 0.497 e. The van der Waals surface area contributed by atoms with Crippen molar-refractivity contribution in [1.82, 2.24) is 4.98 Å². The molecule has 1 aliphatic rings. The van der Waals surface area contributed by atoms with E-state index in [0.717, 1.165) is 0 Å². The van der Waals surface area contributed by atoms with Crippen molar-refractivity contribution in [3.8, 4) is 5.75 Å². The lowest BCUT2D eigenvalue weighted by Gasteiger charge is -2.21. The lowest BCUT2D eigenvalue weighted by Crippen LogP contribution is -2.35. The van der Waals surface area contributed by atoms with E-state index in [-0.39, 0.29) is 30.6 Å². The molecule has 1 fully saturated rings. The highest BCUT2D eigenvalue weighted by atomic mass is 19.1. The van der Waals surface area contributed by atoms with Gasteiger partial charge in [-0.25, -0.2) is 9.37 Å². The molecule has 1 unspecified atom stereocenters. The van der Waals surface area contributed by atoms with E-state index < -0.39 is 11.7 Å². The average Bonchev–Trinajstić information content (AvgIpc) is 3.02. The quantitative estimate of drug-likeness (QED) is 0.854. The van der Waals surface area contributed by atoms with Gasteiger partial charge in [0.2, 0.25) is 11.8 Å². The van der Waals surface area contributed by atoms with E-state index in [1.54, 1.807) is 36.3 Å². The number of aromatic nitrogens is 1. The molecular weight excluding hydrogens is 325 g/mol. The van der Waals surface area contributed by atoms with Crippen LogP contribution in [0.25, 0.3) is 0 Å². The third-order valence-corrected chi connectivity index (χ3v) is 4.25. The molecule has 0 bridgehead atoms. The van der Waals surface area contributed by atoms with Crippen LogP contribution in [0, 0.1) is 11.7 Å². The Morgan fingerprint density at radius 1 is 1.32 bits per heavy atom. The Morgan fingerprint density at radius 2 is 2.04 bits per heavy atom. The molecule has 6 nitrogen and oxygen atoms in total. The summed E-state index contributed by atoms with van der Waals surface area (Å²) in [6, 6.07) is 9.76. The maximum absolute atomic E-state index is 13.8. The Kier molecular flexibility index (Phi) is 4.65. The number of hydrogen-bond acceptors (Lipinski definition) is 4. The Balaban J connectivity index is 1.75. The van der Waals surface area contributed by atoms with Gasteiger partial charge >= 0.3 is 0 Å². The highest BCUT2D eigenvalue weighted by Gasteiger charge is 2.37. The summed E-state index contributed by atoms with van der Waals surface area (Å²) < 4.78 is 18.9. The first-order chi connectivity index (χ1) is 12.0. The molecule has 0 radical (unpaired) electrons. The number of carbonyl (C=O) groups excluding carboxylic acids is 2. The van der Waals surface area contributed by atoms with Gasteiger partial charge in [0.05, 0.1) is 13.0 Å². The van der Waals surface area contributed by atoms with Crippen LogP contribution in [0.5, 0.6) is 5.75 Å². The minimum Gasteiger partial charge on any atom is -0.497 e. The highest BCUT2D eigenvalue weighted by Crippen LogP contribution is 2.28. The molecular formula is C18H18FN3O3. The van der Waals surface area contributed by atoms with Crippen LogP contribution in [-0.2, 0) is 9.59 Å². The van der Waals surface area contributed by atoms with Crippen molar-refractivity contribution in [3.05, 3.63) is 48.4 Å². The number of rotatable bonds is 4. The zero-order valence-corrected chi connectivity index (χ0v) is 14.0. The van der Waals surface area contributed by atoms with Crippen molar-refractivity contribution >= 4 is 23.3 Å². The number of anilines is 2. The molecule has 0 aliphatic carbocycles. The molecule has 0 spiro atoms. The van der Waals surface area contributed by atoms with Gasteiger partial charge in [-0.05, 0) is 36.4 Å². The molecule has 3 rings (SSSR count). The Labute approximate surface area is 144 Å². The van der Waals surface area contributed by atoms with Gasteiger partial charge < -0.3 is 9.64 Å². The summed E-state index contributed by atoms with van der Waals surface area (Å²) in [6.45, 7) is 0.253. The van der Waals surface area contributed by atoms with Crippen LogP contribution in [0.2, 0.25) is 0 Å². The van der Waals surface area contributed by atoms with Crippen LogP contribution >= 0.6 is 0 Å². The van der Waals surface area contributed by atoms with Crippen LogP contribution < -0.4 is 14.5 Å². The zero-order chi connectivity index (χ0) is 18.0. The molecule has 1 aromatic heterocycles. The van der Waals surface area contributed by atoms with Crippen LogP contribution in [0.15, 0.2) is 42.6 Å². The molecule has 1 atom stereocenters. The number of amides is 2. The number of carbonyl (C=O) groups is 2. The second-order valence-corrected chi connectivity index (χ2v) is 5.81. The predicted octanol–water partition coefficient (Wildman–Crippen LogP) is 2.25. The van der Waals surface area contributed by atoms with Gasteiger partial charge in [0.25, 0.3) is 0 Å². The molecule has 0 N–H and O–H groups in total. The Bertz CT molecular complexity index is 794. The van der Waals surface area contributed by atoms with Gasteiger partial charge in [-0.3, -0.25) is 14.5 Å². The molecule has 7 heteroatoms. The lowest BCUT2D eigenvalue weighted by molar-refractivity contribution is -0.124. The Hall–Kier alpha value is -2.96. The van der Waals surface area contributed by atoms with Gasteiger partial charge in [0.1, 0.15) is 5.75 Å². The fraction of sp³-hybridized carbons (Fsp3) is 0.278. The number of nitrogens with zero attached hydrogens (tertiary/aromatic N) is 3. The molecule has 1 saturated heterocycles. The molecule has 1 aliphatic heterocycles. The molecule has 1 aromatic carbocycles. The molecule has 2 heterocycles. The standard InChI is InChI=1S/C18H18FN3O3/c1-21(17-15(19)4-3-9-20-17)18(24)12-10-16(23)22(11-12)13-5-7-14(25-2)8-6-13/h3-9,12H,10-11H2,1-2H3. The molecule has 130 valence electrons. The summed E-state index contributed by atoms with van der Waals surface area (Å²) in [4.78, 5) is 31.6. The Morgan fingerprint density at radius 3 is 2.68 bits per heavy atom. The first kappa shape index (κ1) is 16.9. The highest BCUT2D eigenvalue weighted by molar-refractivity contribution is 6.04. The van der Waals surface area contributed by atoms with Gasteiger partial charge in [0, 0.05) is 31.9 Å². The molecule has 2 aromatic rings. The molecule has 2 amide bonds. The van der Waals surface area contributed by atoms with Gasteiger partial charge in [-0.15, -0.1) is 0 Å². The maximum atomic E-state index is 13.8. The minimum absolute atomic E-state index is 0.0390. The SMILES string of the molecule is COc1ccc(N2CC(C(=O)N(C)c3ncccc3F)CC2=O)cc1. The summed E-state index contributed by atoms with van der Waals surface area (Å²) in [5, 5.41) is 0. The number of benzene rings is 1. The molecule has 0 saturated carbocycles. The minimum atomic E-state index is -0.574.